The SMILES string of the molecule is CN1CCC[C@H]1COc1nc(N2CC3CCC(C2)N3CC(=O)C2CCOC2)c2ccc(-c3cc(O)cc4ccccc34)c(F)c2n1. The maximum atomic E-state index is 16.8. The number of likely N-dealkylation sites (N-methyl/N-ethyl adjacent to an activating group) is 1. The zero-order valence-electron chi connectivity index (χ0n) is 26.2. The molecule has 1 aromatic heterocycles. The predicted octanol–water partition coefficient (Wildman–Crippen LogP) is 5.03. The lowest BCUT2D eigenvalue weighted by molar-refractivity contribution is -0.124. The van der Waals surface area contributed by atoms with Gasteiger partial charge in [-0.25, -0.2) is 4.39 Å². The van der Waals surface area contributed by atoms with E-state index in [1.165, 1.54) is 0 Å². The normalized spacial score (nSPS) is 25.2. The first kappa shape index (κ1) is 29.5. The van der Waals surface area contributed by atoms with Crippen molar-refractivity contribution in [1.82, 2.24) is 19.8 Å². The highest BCUT2D eigenvalue weighted by Gasteiger charge is 2.42. The third-order valence-electron chi connectivity index (χ3n) is 10.6. The standard InChI is InChI=1S/C36H40FN5O4/c1-40-13-4-6-26(40)21-46-36-38-34-30(11-10-29(33(34)37)31-16-27(43)15-22-5-2-3-7-28(22)31)35(39-36)41-17-24-8-9-25(18-41)42(24)19-32(44)23-12-14-45-20-23/h2-3,5,7,10-11,15-16,23-26,43H,4,6,8-9,12-14,17-21H2,1H3/t23?,24?,25?,26-/m0/s1. The molecule has 9 nitrogen and oxygen atoms in total. The number of aromatic hydroxyl groups is 1. The number of phenolic OH excluding ortho intramolecular Hbond substituents is 1. The van der Waals surface area contributed by atoms with Crippen LogP contribution < -0.4 is 9.64 Å². The molecule has 3 aromatic carbocycles. The average molecular weight is 626 g/mol. The lowest BCUT2D eigenvalue weighted by Gasteiger charge is -2.41. The maximum Gasteiger partial charge on any atom is 0.319 e. The number of phenols is 1. The molecule has 10 heteroatoms. The van der Waals surface area contributed by atoms with Gasteiger partial charge in [0.1, 0.15) is 23.7 Å². The van der Waals surface area contributed by atoms with E-state index >= 15 is 4.39 Å². The number of benzene rings is 3. The number of ether oxygens (including phenoxy) is 2. The summed E-state index contributed by atoms with van der Waals surface area (Å²) in [6.07, 6.45) is 5.00. The van der Waals surface area contributed by atoms with Crippen molar-refractivity contribution in [2.45, 2.75) is 50.2 Å². The van der Waals surface area contributed by atoms with Gasteiger partial charge in [0.2, 0.25) is 0 Å². The van der Waals surface area contributed by atoms with E-state index in [4.69, 9.17) is 14.5 Å². The molecule has 5 heterocycles. The van der Waals surface area contributed by atoms with E-state index in [2.05, 4.69) is 26.7 Å². The van der Waals surface area contributed by atoms with Crippen LogP contribution in [0.25, 0.3) is 32.8 Å². The van der Waals surface area contributed by atoms with Crippen LogP contribution in [0.1, 0.15) is 32.1 Å². The van der Waals surface area contributed by atoms with Crippen molar-refractivity contribution in [2.75, 3.05) is 57.9 Å². The minimum atomic E-state index is -0.467. The molecule has 46 heavy (non-hydrogen) atoms. The molecule has 2 bridgehead atoms. The number of carbonyl (C=O) groups excluding carboxylic acids is 1. The van der Waals surface area contributed by atoms with Crippen molar-refractivity contribution < 1.29 is 23.8 Å². The number of nitrogens with zero attached hydrogens (tertiary/aromatic N) is 5. The van der Waals surface area contributed by atoms with E-state index in [0.29, 0.717) is 61.8 Å². The van der Waals surface area contributed by atoms with Crippen LogP contribution in [-0.2, 0) is 9.53 Å². The molecule has 4 aromatic rings. The van der Waals surface area contributed by atoms with Crippen LogP contribution in [0.4, 0.5) is 10.2 Å². The van der Waals surface area contributed by atoms with Crippen LogP contribution in [-0.4, -0.2) is 102 Å². The molecule has 0 spiro atoms. The number of halogens is 1. The second-order valence-corrected chi connectivity index (χ2v) is 13.4. The summed E-state index contributed by atoms with van der Waals surface area (Å²) in [5, 5.41) is 12.8. The maximum absolute atomic E-state index is 16.8. The molecule has 3 unspecified atom stereocenters. The second-order valence-electron chi connectivity index (χ2n) is 13.4. The zero-order chi connectivity index (χ0) is 31.4. The first-order valence-electron chi connectivity index (χ1n) is 16.6. The summed E-state index contributed by atoms with van der Waals surface area (Å²) < 4.78 is 28.5. The van der Waals surface area contributed by atoms with Crippen LogP contribution in [0.5, 0.6) is 11.8 Å². The van der Waals surface area contributed by atoms with E-state index < -0.39 is 5.82 Å². The number of hydrogen-bond donors (Lipinski definition) is 1. The Labute approximate surface area is 267 Å². The van der Waals surface area contributed by atoms with Gasteiger partial charge in [0, 0.05) is 54.7 Å². The molecule has 4 aliphatic heterocycles. The van der Waals surface area contributed by atoms with E-state index in [1.807, 2.05) is 30.3 Å². The molecule has 0 amide bonds. The van der Waals surface area contributed by atoms with Gasteiger partial charge in [-0.2, -0.15) is 9.97 Å². The van der Waals surface area contributed by atoms with E-state index in [-0.39, 0.29) is 47.1 Å². The van der Waals surface area contributed by atoms with Gasteiger partial charge in [-0.05, 0) is 80.2 Å². The Hall–Kier alpha value is -3.86. The average Bonchev–Trinajstić information content (AvgIpc) is 3.79. The highest BCUT2D eigenvalue weighted by Crippen LogP contribution is 2.40. The quantitative estimate of drug-likeness (QED) is 0.290. The Bertz CT molecular complexity index is 1780. The number of likely N-dealkylation sites (tertiary alicyclic amines) is 1. The van der Waals surface area contributed by atoms with E-state index in [1.54, 1.807) is 18.2 Å². The smallest absolute Gasteiger partial charge is 0.319 e. The van der Waals surface area contributed by atoms with Crippen molar-refractivity contribution >= 4 is 33.3 Å². The number of piperazine rings is 1. The van der Waals surface area contributed by atoms with Gasteiger partial charge in [0.05, 0.1) is 13.2 Å². The minimum absolute atomic E-state index is 0.00248. The predicted molar refractivity (Wildman–Crippen MR) is 175 cm³/mol. The Balaban J connectivity index is 1.16. The van der Waals surface area contributed by atoms with Crippen LogP contribution in [0.15, 0.2) is 48.5 Å². The number of rotatable bonds is 8. The van der Waals surface area contributed by atoms with Crippen molar-refractivity contribution in [2.24, 2.45) is 5.92 Å². The molecule has 1 N–H and O–H groups in total. The molecule has 240 valence electrons. The third-order valence-corrected chi connectivity index (χ3v) is 10.6. The molecule has 4 atom stereocenters. The first-order valence-corrected chi connectivity index (χ1v) is 16.6. The zero-order valence-corrected chi connectivity index (χ0v) is 26.2. The number of ketones is 1. The lowest BCUT2D eigenvalue weighted by atomic mass is 9.96. The highest BCUT2D eigenvalue weighted by molar-refractivity contribution is 6.01. The number of Topliss-reactive ketones (excluding diaryl/α,β-unsaturated/α-hetero) is 1. The van der Waals surface area contributed by atoms with Crippen molar-refractivity contribution in [1.29, 1.82) is 0 Å². The fraction of sp³-hybridized carbons (Fsp3) is 0.472. The van der Waals surface area contributed by atoms with Gasteiger partial charge < -0.3 is 24.4 Å². The summed E-state index contributed by atoms with van der Waals surface area (Å²) >= 11 is 0. The Kier molecular flexibility index (Phi) is 7.74. The second kappa shape index (κ2) is 12.1. The summed E-state index contributed by atoms with van der Waals surface area (Å²) in [6, 6.07) is 15.5. The lowest BCUT2D eigenvalue weighted by Crippen LogP contribution is -2.55. The topological polar surface area (TPSA) is 91.3 Å². The van der Waals surface area contributed by atoms with Gasteiger partial charge in [-0.15, -0.1) is 0 Å². The van der Waals surface area contributed by atoms with Crippen LogP contribution >= 0.6 is 0 Å². The number of carbonyl (C=O) groups is 1. The molecular weight excluding hydrogens is 585 g/mol. The summed E-state index contributed by atoms with van der Waals surface area (Å²) in [4.78, 5) is 29.6. The van der Waals surface area contributed by atoms with E-state index in [0.717, 1.165) is 49.4 Å². The van der Waals surface area contributed by atoms with Crippen molar-refractivity contribution in [3.8, 4) is 22.9 Å². The fourth-order valence-corrected chi connectivity index (χ4v) is 8.04. The number of hydrogen-bond acceptors (Lipinski definition) is 9. The monoisotopic (exact) mass is 625 g/mol. The van der Waals surface area contributed by atoms with Gasteiger partial charge in [-0.1, -0.05) is 30.3 Å². The largest absolute Gasteiger partial charge is 0.508 e. The molecule has 8 rings (SSSR count). The number of fused-ring (bicyclic) bond motifs is 4. The Morgan fingerprint density at radius 1 is 1.02 bits per heavy atom. The number of aromatic nitrogens is 2. The minimum Gasteiger partial charge on any atom is -0.508 e. The Morgan fingerprint density at radius 2 is 1.85 bits per heavy atom. The third kappa shape index (κ3) is 5.36. The summed E-state index contributed by atoms with van der Waals surface area (Å²) in [6.45, 7) is 4.51. The molecular formula is C36H40FN5O4. The summed E-state index contributed by atoms with van der Waals surface area (Å²) in [7, 11) is 2.10. The van der Waals surface area contributed by atoms with Crippen LogP contribution in [0, 0.1) is 11.7 Å². The van der Waals surface area contributed by atoms with E-state index in [9.17, 15) is 9.90 Å². The molecule has 4 saturated heterocycles. The Morgan fingerprint density at radius 3 is 2.61 bits per heavy atom. The van der Waals surface area contributed by atoms with Crippen molar-refractivity contribution in [3.05, 3.63) is 54.3 Å². The fourth-order valence-electron chi connectivity index (χ4n) is 8.04. The number of anilines is 1. The first-order chi connectivity index (χ1) is 22.4. The molecule has 0 saturated carbocycles. The molecule has 4 aliphatic rings. The summed E-state index contributed by atoms with van der Waals surface area (Å²) in [5.74, 6) is 0.553. The highest BCUT2D eigenvalue weighted by atomic mass is 19.1. The van der Waals surface area contributed by atoms with Crippen LogP contribution in [0.2, 0.25) is 0 Å². The molecule has 0 aliphatic carbocycles. The van der Waals surface area contributed by atoms with Gasteiger partial charge in [-0.3, -0.25) is 9.69 Å². The molecule has 0 radical (unpaired) electrons. The van der Waals surface area contributed by atoms with Crippen molar-refractivity contribution in [3.63, 3.8) is 0 Å². The van der Waals surface area contributed by atoms with Gasteiger partial charge in [0.15, 0.2) is 11.6 Å². The van der Waals surface area contributed by atoms with Gasteiger partial charge in [0.25, 0.3) is 0 Å². The molecule has 4 fully saturated rings. The van der Waals surface area contributed by atoms with Gasteiger partial charge >= 0.3 is 6.01 Å². The van der Waals surface area contributed by atoms with Crippen LogP contribution in [0.3, 0.4) is 0 Å². The summed E-state index contributed by atoms with van der Waals surface area (Å²) in [5.41, 5.74) is 1.18.